The molecule has 1 fully saturated rings. The van der Waals surface area contributed by atoms with E-state index in [9.17, 15) is 0 Å². The highest BCUT2D eigenvalue weighted by Gasteiger charge is 2.24. The quantitative estimate of drug-likeness (QED) is 0.379. The van der Waals surface area contributed by atoms with Crippen molar-refractivity contribution in [2.24, 2.45) is 4.99 Å². The first-order valence-corrected chi connectivity index (χ1v) is 10.1. The Bertz CT molecular complexity index is 496. The summed E-state index contributed by atoms with van der Waals surface area (Å²) < 4.78 is 11.3. The molecule has 1 unspecified atom stereocenters. The van der Waals surface area contributed by atoms with E-state index in [1.165, 1.54) is 19.3 Å². The number of hydrogen-bond donors (Lipinski definition) is 2. The summed E-state index contributed by atoms with van der Waals surface area (Å²) in [6.07, 6.45) is 6.86. The summed E-state index contributed by atoms with van der Waals surface area (Å²) >= 11 is 0. The molecular formula is C20H36N4O2. The maximum atomic E-state index is 5.71. The Morgan fingerprint density at radius 2 is 2.08 bits per heavy atom. The lowest BCUT2D eigenvalue weighted by Gasteiger charge is -2.32. The van der Waals surface area contributed by atoms with Gasteiger partial charge in [0, 0.05) is 19.7 Å². The van der Waals surface area contributed by atoms with Gasteiger partial charge in [-0.15, -0.1) is 0 Å². The second-order valence-corrected chi connectivity index (χ2v) is 7.05. The van der Waals surface area contributed by atoms with Gasteiger partial charge in [0.2, 0.25) is 0 Å². The van der Waals surface area contributed by atoms with Gasteiger partial charge in [-0.25, -0.2) is 0 Å². The predicted molar refractivity (Wildman–Crippen MR) is 107 cm³/mol. The standard InChI is InChI=1S/C20H36N4O2/c1-4-21-20(22-11-9-15-25-17(2)3)23-16-18(19-10-8-14-26-19)24-12-6-5-7-13-24/h8,10,14,17-18H,4-7,9,11-13,15-16H2,1-3H3,(H2,21,22,23). The number of guanidine groups is 1. The third kappa shape index (κ3) is 7.38. The van der Waals surface area contributed by atoms with Crippen LogP contribution in [-0.4, -0.2) is 56.3 Å². The van der Waals surface area contributed by atoms with Crippen LogP contribution < -0.4 is 10.6 Å². The largest absolute Gasteiger partial charge is 0.468 e. The smallest absolute Gasteiger partial charge is 0.191 e. The summed E-state index contributed by atoms with van der Waals surface area (Å²) in [6.45, 7) is 11.6. The third-order valence-electron chi connectivity index (χ3n) is 4.53. The first-order valence-electron chi connectivity index (χ1n) is 10.1. The van der Waals surface area contributed by atoms with E-state index in [1.54, 1.807) is 6.26 Å². The van der Waals surface area contributed by atoms with Crippen LogP contribution in [0.4, 0.5) is 0 Å². The number of nitrogens with zero attached hydrogens (tertiary/aromatic N) is 2. The first-order chi connectivity index (χ1) is 12.7. The Hall–Kier alpha value is -1.53. The Morgan fingerprint density at radius 3 is 2.73 bits per heavy atom. The van der Waals surface area contributed by atoms with Crippen LogP contribution in [-0.2, 0) is 4.74 Å². The van der Waals surface area contributed by atoms with E-state index >= 15 is 0 Å². The fourth-order valence-corrected chi connectivity index (χ4v) is 3.21. The van der Waals surface area contributed by atoms with Crippen LogP contribution in [0.3, 0.4) is 0 Å². The molecule has 2 rings (SSSR count). The van der Waals surface area contributed by atoms with Crippen molar-refractivity contribution >= 4 is 5.96 Å². The van der Waals surface area contributed by atoms with Crippen LogP contribution >= 0.6 is 0 Å². The van der Waals surface area contributed by atoms with Crippen molar-refractivity contribution in [3.8, 4) is 0 Å². The fraction of sp³-hybridized carbons (Fsp3) is 0.750. The van der Waals surface area contributed by atoms with Gasteiger partial charge in [0.25, 0.3) is 0 Å². The van der Waals surface area contributed by atoms with E-state index in [2.05, 4.69) is 42.4 Å². The molecule has 1 saturated heterocycles. The lowest BCUT2D eigenvalue weighted by atomic mass is 10.1. The van der Waals surface area contributed by atoms with Gasteiger partial charge in [-0.1, -0.05) is 6.42 Å². The molecule has 2 N–H and O–H groups in total. The van der Waals surface area contributed by atoms with Gasteiger partial charge in [0.1, 0.15) is 5.76 Å². The maximum Gasteiger partial charge on any atom is 0.191 e. The molecule has 0 saturated carbocycles. The summed E-state index contributed by atoms with van der Waals surface area (Å²) in [5, 5.41) is 6.74. The average molecular weight is 365 g/mol. The molecule has 0 radical (unpaired) electrons. The normalized spacial score (nSPS) is 17.5. The number of hydrogen-bond acceptors (Lipinski definition) is 4. The van der Waals surface area contributed by atoms with Crippen molar-refractivity contribution in [1.29, 1.82) is 0 Å². The third-order valence-corrected chi connectivity index (χ3v) is 4.53. The summed E-state index contributed by atoms with van der Waals surface area (Å²) in [6, 6.07) is 4.25. The van der Waals surface area contributed by atoms with Crippen LogP contribution in [0.2, 0.25) is 0 Å². The molecule has 1 aromatic rings. The Kier molecular flexibility index (Phi) is 9.56. The van der Waals surface area contributed by atoms with Crippen molar-refractivity contribution in [2.45, 2.75) is 58.6 Å². The number of aliphatic imine (C=N–C) groups is 1. The summed E-state index contributed by atoms with van der Waals surface area (Å²) in [4.78, 5) is 7.34. The van der Waals surface area contributed by atoms with E-state index in [0.717, 1.165) is 50.9 Å². The highest BCUT2D eigenvalue weighted by atomic mass is 16.5. The number of nitrogens with one attached hydrogen (secondary N) is 2. The highest BCUT2D eigenvalue weighted by molar-refractivity contribution is 5.79. The van der Waals surface area contributed by atoms with E-state index < -0.39 is 0 Å². The van der Waals surface area contributed by atoms with Gasteiger partial charge in [-0.05, 0) is 65.3 Å². The zero-order valence-electron chi connectivity index (χ0n) is 16.7. The SMILES string of the molecule is CCNC(=NCC(c1ccco1)N1CCCCC1)NCCCOC(C)C. The zero-order chi connectivity index (χ0) is 18.6. The minimum atomic E-state index is 0.213. The number of likely N-dealkylation sites (tertiary alicyclic amines) is 1. The van der Waals surface area contributed by atoms with Gasteiger partial charge >= 0.3 is 0 Å². The monoisotopic (exact) mass is 364 g/mol. The molecule has 148 valence electrons. The van der Waals surface area contributed by atoms with Gasteiger partial charge in [0.05, 0.1) is 25.0 Å². The van der Waals surface area contributed by atoms with Crippen LogP contribution in [0.1, 0.15) is 58.3 Å². The van der Waals surface area contributed by atoms with Crippen molar-refractivity contribution in [2.75, 3.05) is 39.3 Å². The molecule has 2 heterocycles. The minimum Gasteiger partial charge on any atom is -0.468 e. The average Bonchev–Trinajstić information content (AvgIpc) is 3.16. The predicted octanol–water partition coefficient (Wildman–Crippen LogP) is 3.18. The Labute approximate surface area is 158 Å². The molecule has 0 spiro atoms. The van der Waals surface area contributed by atoms with Crippen LogP contribution in [0, 0.1) is 0 Å². The van der Waals surface area contributed by atoms with Gasteiger partial charge in [0.15, 0.2) is 5.96 Å². The van der Waals surface area contributed by atoms with Crippen molar-refractivity contribution in [3.05, 3.63) is 24.2 Å². The Morgan fingerprint density at radius 1 is 1.27 bits per heavy atom. The van der Waals surface area contributed by atoms with E-state index in [1.807, 2.05) is 6.07 Å². The highest BCUT2D eigenvalue weighted by Crippen LogP contribution is 2.25. The van der Waals surface area contributed by atoms with Crippen molar-refractivity contribution < 1.29 is 9.15 Å². The summed E-state index contributed by atoms with van der Waals surface area (Å²) in [5.41, 5.74) is 0. The number of piperidine rings is 1. The lowest BCUT2D eigenvalue weighted by molar-refractivity contribution is 0.0776. The van der Waals surface area contributed by atoms with Gasteiger partial charge in [-0.2, -0.15) is 0 Å². The molecule has 0 aromatic carbocycles. The molecule has 1 aliphatic heterocycles. The van der Waals surface area contributed by atoms with E-state index in [-0.39, 0.29) is 12.1 Å². The molecule has 0 aliphatic carbocycles. The van der Waals surface area contributed by atoms with Crippen molar-refractivity contribution in [3.63, 3.8) is 0 Å². The number of rotatable bonds is 10. The van der Waals surface area contributed by atoms with Gasteiger partial charge in [-0.3, -0.25) is 9.89 Å². The molecule has 6 nitrogen and oxygen atoms in total. The Balaban J connectivity index is 1.90. The first kappa shape index (κ1) is 20.8. The molecule has 0 amide bonds. The molecule has 1 aromatic heterocycles. The molecule has 6 heteroatoms. The molecular weight excluding hydrogens is 328 g/mol. The van der Waals surface area contributed by atoms with Crippen LogP contribution in [0.15, 0.2) is 27.8 Å². The fourth-order valence-electron chi connectivity index (χ4n) is 3.21. The second kappa shape index (κ2) is 12.0. The minimum absolute atomic E-state index is 0.213. The zero-order valence-corrected chi connectivity index (χ0v) is 16.7. The molecule has 1 aliphatic rings. The van der Waals surface area contributed by atoms with Crippen LogP contribution in [0.5, 0.6) is 0 Å². The topological polar surface area (TPSA) is 62.0 Å². The maximum absolute atomic E-state index is 5.71. The second-order valence-electron chi connectivity index (χ2n) is 7.05. The lowest BCUT2D eigenvalue weighted by Crippen LogP contribution is -2.40. The van der Waals surface area contributed by atoms with E-state index in [4.69, 9.17) is 14.1 Å². The molecule has 1 atom stereocenters. The van der Waals surface area contributed by atoms with E-state index in [0.29, 0.717) is 6.54 Å². The summed E-state index contributed by atoms with van der Waals surface area (Å²) in [7, 11) is 0. The number of furan rings is 1. The number of ether oxygens (including phenoxy) is 1. The van der Waals surface area contributed by atoms with Gasteiger partial charge < -0.3 is 19.8 Å². The summed E-state index contributed by atoms with van der Waals surface area (Å²) in [5.74, 6) is 1.88. The molecule has 26 heavy (non-hydrogen) atoms. The van der Waals surface area contributed by atoms with Crippen molar-refractivity contribution in [1.82, 2.24) is 15.5 Å². The molecule has 0 bridgehead atoms. The van der Waals surface area contributed by atoms with Crippen LogP contribution in [0.25, 0.3) is 0 Å².